The minimum atomic E-state index is -1.16. The Bertz CT molecular complexity index is 1080. The van der Waals surface area contributed by atoms with Crippen molar-refractivity contribution in [3.63, 3.8) is 0 Å². The van der Waals surface area contributed by atoms with Crippen LogP contribution in [-0.4, -0.2) is 61.2 Å². The zero-order valence-corrected chi connectivity index (χ0v) is 24.3. The van der Waals surface area contributed by atoms with Crippen molar-refractivity contribution in [3.05, 3.63) is 29.8 Å². The van der Waals surface area contributed by atoms with Crippen LogP contribution in [0.15, 0.2) is 24.3 Å². The number of benzene rings is 1. The number of Topliss-reactive ketones (excluding diaryl/α,β-unsaturated/α-hetero) is 1. The smallest absolute Gasteiger partial charge is 0.289 e. The molecule has 2 aliphatic rings. The molecule has 1 aromatic carbocycles. The van der Waals surface area contributed by atoms with Crippen LogP contribution >= 0.6 is 0 Å². The molecule has 0 aromatic heterocycles. The Morgan fingerprint density at radius 3 is 2.23 bits per heavy atom. The minimum Gasteiger partial charge on any atom is -0.497 e. The number of rotatable bonds is 14. The quantitative estimate of drug-likeness (QED) is 0.259. The van der Waals surface area contributed by atoms with Gasteiger partial charge in [-0.2, -0.15) is 0 Å². The van der Waals surface area contributed by atoms with E-state index in [9.17, 15) is 24.0 Å². The maximum absolute atomic E-state index is 13.6. The molecule has 1 saturated heterocycles. The van der Waals surface area contributed by atoms with E-state index < -0.39 is 35.6 Å². The lowest BCUT2D eigenvalue weighted by Gasteiger charge is -2.29. The van der Waals surface area contributed by atoms with Gasteiger partial charge in [0.05, 0.1) is 13.2 Å². The predicted molar refractivity (Wildman–Crippen MR) is 150 cm³/mol. The van der Waals surface area contributed by atoms with Gasteiger partial charge in [0.1, 0.15) is 11.8 Å². The van der Waals surface area contributed by atoms with Crippen LogP contribution in [0.4, 0.5) is 0 Å². The summed E-state index contributed by atoms with van der Waals surface area (Å²) >= 11 is 0. The molecule has 1 aromatic rings. The monoisotopic (exact) mass is 556 g/mol. The van der Waals surface area contributed by atoms with Crippen LogP contribution < -0.4 is 26.0 Å². The third kappa shape index (κ3) is 9.34. The van der Waals surface area contributed by atoms with Gasteiger partial charge in [0.2, 0.25) is 23.5 Å². The van der Waals surface area contributed by atoms with Crippen LogP contribution in [0.3, 0.4) is 0 Å². The first-order valence-electron chi connectivity index (χ1n) is 14.3. The fourth-order valence-electron chi connectivity index (χ4n) is 4.97. The molecule has 3 rings (SSSR count). The minimum absolute atomic E-state index is 0.0206. The third-order valence-electron chi connectivity index (χ3n) is 7.43. The van der Waals surface area contributed by atoms with Gasteiger partial charge in [-0.3, -0.25) is 24.0 Å². The number of hydrogen-bond acceptors (Lipinski definition) is 6. The fourth-order valence-corrected chi connectivity index (χ4v) is 4.97. The molecule has 2 fully saturated rings. The number of amides is 4. The van der Waals surface area contributed by atoms with Gasteiger partial charge in [-0.25, -0.2) is 0 Å². The molecule has 1 aliphatic heterocycles. The molecule has 10 nitrogen and oxygen atoms in total. The van der Waals surface area contributed by atoms with E-state index in [1.165, 1.54) is 0 Å². The van der Waals surface area contributed by atoms with Crippen molar-refractivity contribution in [2.75, 3.05) is 13.7 Å². The highest BCUT2D eigenvalue weighted by Crippen LogP contribution is 2.27. The molecule has 40 heavy (non-hydrogen) atoms. The normalized spacial score (nSPS) is 19.1. The highest BCUT2D eigenvalue weighted by atomic mass is 16.5. The second-order valence-electron chi connectivity index (χ2n) is 12.2. The number of carbonyl (C=O) groups excluding carboxylic acids is 5. The molecular formula is C30H44N4O6. The van der Waals surface area contributed by atoms with Crippen LogP contribution in [0.25, 0.3) is 0 Å². The summed E-state index contributed by atoms with van der Waals surface area (Å²) in [7, 11) is 1.60. The zero-order chi connectivity index (χ0) is 29.4. The molecule has 0 radical (unpaired) electrons. The Hall–Kier alpha value is -3.43. The number of hydrogen-bond donors (Lipinski definition) is 4. The van der Waals surface area contributed by atoms with Gasteiger partial charge in [0.25, 0.3) is 5.91 Å². The van der Waals surface area contributed by atoms with Crippen molar-refractivity contribution >= 4 is 29.4 Å². The Morgan fingerprint density at radius 1 is 1.02 bits per heavy atom. The molecule has 0 bridgehead atoms. The summed E-state index contributed by atoms with van der Waals surface area (Å²) in [6, 6.07) is 5.47. The molecule has 1 aliphatic carbocycles. The van der Waals surface area contributed by atoms with Crippen molar-refractivity contribution in [2.24, 2.45) is 11.3 Å². The first-order chi connectivity index (χ1) is 18.9. The highest BCUT2D eigenvalue weighted by molar-refractivity contribution is 6.38. The Kier molecular flexibility index (Phi) is 10.7. The molecule has 4 N–H and O–H groups in total. The Morgan fingerprint density at radius 2 is 1.70 bits per heavy atom. The second-order valence-corrected chi connectivity index (χ2v) is 12.2. The molecule has 0 spiro atoms. The maximum atomic E-state index is 13.6. The maximum Gasteiger partial charge on any atom is 0.289 e. The summed E-state index contributed by atoms with van der Waals surface area (Å²) in [5.41, 5.74) is 0.682. The van der Waals surface area contributed by atoms with E-state index in [1.54, 1.807) is 7.11 Å². The van der Waals surface area contributed by atoms with Crippen LogP contribution in [-0.2, 0) is 24.0 Å². The van der Waals surface area contributed by atoms with Gasteiger partial charge in [-0.05, 0) is 67.6 Å². The Balaban J connectivity index is 1.72. The number of nitrogens with one attached hydrogen (secondary N) is 4. The predicted octanol–water partition coefficient (Wildman–Crippen LogP) is 2.36. The van der Waals surface area contributed by atoms with Crippen LogP contribution in [0, 0.1) is 11.3 Å². The first kappa shape index (κ1) is 31.1. The average Bonchev–Trinajstić information content (AvgIpc) is 3.63. The molecular weight excluding hydrogens is 512 g/mol. The number of ether oxygens (including phenoxy) is 1. The van der Waals surface area contributed by atoms with Crippen molar-refractivity contribution in [1.29, 1.82) is 0 Å². The van der Waals surface area contributed by atoms with Crippen LogP contribution in [0.2, 0.25) is 0 Å². The van der Waals surface area contributed by atoms with Gasteiger partial charge in [0, 0.05) is 24.9 Å². The van der Waals surface area contributed by atoms with Gasteiger partial charge >= 0.3 is 0 Å². The largest absolute Gasteiger partial charge is 0.497 e. The van der Waals surface area contributed by atoms with E-state index in [0.29, 0.717) is 19.4 Å². The van der Waals surface area contributed by atoms with Gasteiger partial charge in [-0.15, -0.1) is 0 Å². The average molecular weight is 557 g/mol. The van der Waals surface area contributed by atoms with Crippen molar-refractivity contribution in [3.8, 4) is 5.75 Å². The van der Waals surface area contributed by atoms with Gasteiger partial charge in [0.15, 0.2) is 0 Å². The summed E-state index contributed by atoms with van der Waals surface area (Å²) in [5.74, 6) is -2.35. The molecule has 4 amide bonds. The van der Waals surface area contributed by atoms with E-state index in [2.05, 4.69) is 21.3 Å². The topological polar surface area (TPSA) is 143 Å². The summed E-state index contributed by atoms with van der Waals surface area (Å²) < 4.78 is 5.23. The summed E-state index contributed by atoms with van der Waals surface area (Å²) in [4.78, 5) is 64.7. The van der Waals surface area contributed by atoms with E-state index >= 15 is 0 Å². The van der Waals surface area contributed by atoms with E-state index in [-0.39, 0.29) is 42.0 Å². The third-order valence-corrected chi connectivity index (χ3v) is 7.43. The molecule has 1 unspecified atom stereocenters. The lowest BCUT2D eigenvalue weighted by molar-refractivity contribution is -0.141. The summed E-state index contributed by atoms with van der Waals surface area (Å²) in [6.45, 7) is 8.37. The lowest BCUT2D eigenvalue weighted by atomic mass is 9.87. The summed E-state index contributed by atoms with van der Waals surface area (Å²) in [5, 5.41) is 11.0. The molecule has 4 atom stereocenters. The van der Waals surface area contributed by atoms with Crippen LogP contribution in [0.1, 0.15) is 84.1 Å². The van der Waals surface area contributed by atoms with E-state index in [1.807, 2.05) is 52.0 Å². The first-order valence-corrected chi connectivity index (χ1v) is 14.3. The fraction of sp³-hybridized carbons (Fsp3) is 0.633. The van der Waals surface area contributed by atoms with Crippen molar-refractivity contribution in [1.82, 2.24) is 21.3 Å². The second kappa shape index (κ2) is 13.8. The molecule has 220 valence electrons. The highest BCUT2D eigenvalue weighted by Gasteiger charge is 2.37. The number of ketones is 1. The number of methoxy groups -OCH3 is 1. The van der Waals surface area contributed by atoms with Gasteiger partial charge in [-0.1, -0.05) is 39.8 Å². The lowest BCUT2D eigenvalue weighted by Crippen LogP contribution is -2.55. The summed E-state index contributed by atoms with van der Waals surface area (Å²) in [6.07, 6.45) is 3.42. The molecule has 1 heterocycles. The van der Waals surface area contributed by atoms with Crippen LogP contribution in [0.5, 0.6) is 5.75 Å². The van der Waals surface area contributed by atoms with Crippen molar-refractivity contribution in [2.45, 2.75) is 96.7 Å². The zero-order valence-electron chi connectivity index (χ0n) is 24.3. The molecule has 1 saturated carbocycles. The van der Waals surface area contributed by atoms with Gasteiger partial charge < -0.3 is 26.0 Å². The van der Waals surface area contributed by atoms with E-state index in [0.717, 1.165) is 30.6 Å². The van der Waals surface area contributed by atoms with Crippen molar-refractivity contribution < 1.29 is 28.7 Å². The van der Waals surface area contributed by atoms with E-state index in [4.69, 9.17) is 4.74 Å². The molecule has 10 heteroatoms. The SMILES string of the molecule is CC[C@@H](CC(=O)N[C@@H](CC(C)(C)C)C(=O)NC(C[C@@H]1CCNC1=O)C(=O)C(=O)NC1CC1)c1ccc(OC)cc1. The Labute approximate surface area is 236 Å². The number of carbonyl (C=O) groups is 5. The standard InChI is InChI=1S/C30H44N4O6/c1-6-18(19-7-11-22(40-5)12-8-19)16-25(35)33-24(17-30(2,3)4)28(38)34-23(15-20-13-14-31-27(20)37)26(36)29(39)32-21-9-10-21/h7-8,11-12,18,20-21,23-24H,6,9-10,13-17H2,1-5H3,(H,31,37)(H,32,39)(H,33,35)(H,34,38)/t18-,20-,23?,24-/m0/s1.